The van der Waals surface area contributed by atoms with Gasteiger partial charge in [0.15, 0.2) is 5.82 Å². The number of ether oxygens (including phenoxy) is 1. The van der Waals surface area contributed by atoms with Gasteiger partial charge in [0.2, 0.25) is 5.89 Å². The summed E-state index contributed by atoms with van der Waals surface area (Å²) in [6.07, 6.45) is 0.497. The highest BCUT2D eigenvalue weighted by molar-refractivity contribution is 7.07. The van der Waals surface area contributed by atoms with Gasteiger partial charge in [0, 0.05) is 6.42 Å². The summed E-state index contributed by atoms with van der Waals surface area (Å²) in [7, 11) is 0. The maximum atomic E-state index is 12.0. The Balaban J connectivity index is 1.48. The summed E-state index contributed by atoms with van der Waals surface area (Å²) >= 11 is 1.62. The maximum absolute atomic E-state index is 12.0. The molecular weight excluding hydrogens is 378 g/mol. The van der Waals surface area contributed by atoms with E-state index in [0.717, 1.165) is 11.1 Å². The van der Waals surface area contributed by atoms with Gasteiger partial charge in [0.05, 0.1) is 19.1 Å². The lowest BCUT2D eigenvalue weighted by Crippen LogP contribution is -2.43. The number of nitrogens with zero attached hydrogens (tertiary/aromatic N) is 2. The van der Waals surface area contributed by atoms with Crippen LogP contribution in [0.15, 0.2) is 51.7 Å². The van der Waals surface area contributed by atoms with Crippen molar-refractivity contribution in [3.05, 3.63) is 70.0 Å². The number of carbonyl (C=O) groups is 1. The molecule has 0 aliphatic carbocycles. The van der Waals surface area contributed by atoms with Crippen LogP contribution in [-0.2, 0) is 24.2 Å². The monoisotopic (exact) mass is 401 g/mol. The molecule has 3 rings (SSSR count). The molecule has 2 unspecified atom stereocenters. The maximum Gasteiger partial charge on any atom is 0.407 e. The van der Waals surface area contributed by atoms with Crippen molar-refractivity contribution in [2.24, 2.45) is 5.92 Å². The third-order valence-electron chi connectivity index (χ3n) is 4.35. The number of amides is 1. The molecule has 1 amide bonds. The van der Waals surface area contributed by atoms with E-state index in [1.54, 1.807) is 11.3 Å². The van der Waals surface area contributed by atoms with Crippen LogP contribution in [-0.4, -0.2) is 34.0 Å². The molecule has 7 nitrogen and oxygen atoms in total. The molecule has 0 aliphatic heterocycles. The average molecular weight is 401 g/mol. The molecule has 2 aromatic heterocycles. The number of hydrogen-bond donors (Lipinski definition) is 2. The standard InChI is InChI=1S/C20H23N3O4S/c1-14(9-18-22-19(27-23-18)10-16-7-8-28-13-16)17(11-24)21-20(25)26-12-15-5-3-2-4-6-15/h2-8,13-14,17,24H,9-12H2,1H3,(H,21,25). The second-order valence-electron chi connectivity index (χ2n) is 6.59. The van der Waals surface area contributed by atoms with Crippen molar-refractivity contribution >= 4 is 17.4 Å². The van der Waals surface area contributed by atoms with Gasteiger partial charge in [-0.15, -0.1) is 0 Å². The normalized spacial score (nSPS) is 13.1. The molecule has 148 valence electrons. The molecule has 0 fully saturated rings. The van der Waals surface area contributed by atoms with E-state index in [0.29, 0.717) is 24.6 Å². The molecule has 0 saturated carbocycles. The zero-order valence-electron chi connectivity index (χ0n) is 15.6. The lowest BCUT2D eigenvalue weighted by Gasteiger charge is -2.22. The molecule has 1 aromatic carbocycles. The summed E-state index contributed by atoms with van der Waals surface area (Å²) in [6.45, 7) is 1.88. The van der Waals surface area contributed by atoms with Crippen LogP contribution in [0.3, 0.4) is 0 Å². The fourth-order valence-electron chi connectivity index (χ4n) is 2.73. The summed E-state index contributed by atoms with van der Waals surface area (Å²) < 4.78 is 10.5. The van der Waals surface area contributed by atoms with Gasteiger partial charge in [0.1, 0.15) is 6.61 Å². The van der Waals surface area contributed by atoms with Crippen LogP contribution in [0.1, 0.15) is 29.8 Å². The number of aliphatic hydroxyl groups excluding tert-OH is 1. The van der Waals surface area contributed by atoms with E-state index < -0.39 is 12.1 Å². The van der Waals surface area contributed by atoms with Crippen LogP contribution in [0.5, 0.6) is 0 Å². The molecule has 0 bridgehead atoms. The number of aromatic nitrogens is 2. The van der Waals surface area contributed by atoms with Crippen molar-refractivity contribution in [2.75, 3.05) is 6.61 Å². The van der Waals surface area contributed by atoms with Crippen LogP contribution < -0.4 is 5.32 Å². The van der Waals surface area contributed by atoms with Crippen LogP contribution in [0, 0.1) is 5.92 Å². The molecule has 0 aliphatic rings. The molecule has 0 spiro atoms. The van der Waals surface area contributed by atoms with E-state index in [-0.39, 0.29) is 19.1 Å². The summed E-state index contributed by atoms with van der Waals surface area (Å²) in [4.78, 5) is 16.4. The minimum atomic E-state index is -0.569. The second-order valence-corrected chi connectivity index (χ2v) is 7.37. The van der Waals surface area contributed by atoms with E-state index >= 15 is 0 Å². The lowest BCUT2D eigenvalue weighted by molar-refractivity contribution is 0.121. The third-order valence-corrected chi connectivity index (χ3v) is 5.08. The first kappa shape index (κ1) is 20.0. The Kier molecular flexibility index (Phi) is 7.16. The number of aliphatic hydroxyl groups is 1. The van der Waals surface area contributed by atoms with E-state index in [1.165, 1.54) is 0 Å². The fraction of sp³-hybridized carbons (Fsp3) is 0.350. The Labute approximate surface area is 167 Å². The molecule has 0 radical (unpaired) electrons. The minimum absolute atomic E-state index is 0.0964. The van der Waals surface area contributed by atoms with Gasteiger partial charge in [-0.05, 0) is 33.9 Å². The van der Waals surface area contributed by atoms with Crippen molar-refractivity contribution in [1.82, 2.24) is 15.5 Å². The largest absolute Gasteiger partial charge is 0.445 e. The van der Waals surface area contributed by atoms with Crippen molar-refractivity contribution in [3.8, 4) is 0 Å². The minimum Gasteiger partial charge on any atom is -0.445 e. The van der Waals surface area contributed by atoms with Gasteiger partial charge in [-0.2, -0.15) is 16.3 Å². The van der Waals surface area contributed by atoms with Crippen molar-refractivity contribution < 1.29 is 19.2 Å². The first-order chi connectivity index (χ1) is 13.6. The molecule has 2 N–H and O–H groups in total. The Bertz CT molecular complexity index is 851. The fourth-order valence-corrected chi connectivity index (χ4v) is 3.40. The number of alkyl carbamates (subject to hydrolysis) is 1. The molecule has 2 atom stereocenters. The number of nitrogens with one attached hydrogen (secondary N) is 1. The number of benzene rings is 1. The number of rotatable bonds is 9. The zero-order chi connectivity index (χ0) is 19.8. The summed E-state index contributed by atoms with van der Waals surface area (Å²) in [5.41, 5.74) is 2.03. The smallest absolute Gasteiger partial charge is 0.407 e. The summed E-state index contributed by atoms with van der Waals surface area (Å²) in [5, 5.41) is 20.4. The summed E-state index contributed by atoms with van der Waals surface area (Å²) in [5.74, 6) is 1.01. The third kappa shape index (κ3) is 5.90. The number of carbonyl (C=O) groups excluding carboxylic acids is 1. The lowest BCUT2D eigenvalue weighted by atomic mass is 9.99. The number of hydrogen-bond acceptors (Lipinski definition) is 7. The van der Waals surface area contributed by atoms with Gasteiger partial charge < -0.3 is 19.7 Å². The Morgan fingerprint density at radius 3 is 2.82 bits per heavy atom. The van der Waals surface area contributed by atoms with Crippen molar-refractivity contribution in [2.45, 2.75) is 32.4 Å². The first-order valence-electron chi connectivity index (χ1n) is 9.04. The molecule has 3 aromatic rings. The van der Waals surface area contributed by atoms with Gasteiger partial charge in [-0.1, -0.05) is 42.4 Å². The van der Waals surface area contributed by atoms with Crippen LogP contribution >= 0.6 is 11.3 Å². The van der Waals surface area contributed by atoms with E-state index in [2.05, 4.69) is 15.5 Å². The molecule has 28 heavy (non-hydrogen) atoms. The number of thiophene rings is 1. The van der Waals surface area contributed by atoms with Gasteiger partial charge in [0.25, 0.3) is 0 Å². The topological polar surface area (TPSA) is 97.5 Å². The van der Waals surface area contributed by atoms with Crippen molar-refractivity contribution in [1.29, 1.82) is 0 Å². The highest BCUT2D eigenvalue weighted by atomic mass is 32.1. The van der Waals surface area contributed by atoms with Crippen molar-refractivity contribution in [3.63, 3.8) is 0 Å². The summed E-state index contributed by atoms with van der Waals surface area (Å²) in [6, 6.07) is 11.0. The van der Waals surface area contributed by atoms with Gasteiger partial charge >= 0.3 is 6.09 Å². The Morgan fingerprint density at radius 2 is 2.11 bits per heavy atom. The zero-order valence-corrected chi connectivity index (χ0v) is 16.4. The van der Waals surface area contributed by atoms with Crippen LogP contribution in [0.25, 0.3) is 0 Å². The molecule has 8 heteroatoms. The van der Waals surface area contributed by atoms with Gasteiger partial charge in [-0.3, -0.25) is 0 Å². The van der Waals surface area contributed by atoms with E-state index in [1.807, 2.05) is 54.1 Å². The quantitative estimate of drug-likeness (QED) is 0.571. The molecule has 2 heterocycles. The highest BCUT2D eigenvalue weighted by Gasteiger charge is 2.22. The SMILES string of the molecule is CC(Cc1noc(Cc2ccsc2)n1)C(CO)NC(=O)OCc1ccccc1. The first-order valence-corrected chi connectivity index (χ1v) is 9.99. The Hall–Kier alpha value is -2.71. The second kappa shape index (κ2) is 10.0. The predicted octanol–water partition coefficient (Wildman–Crippen LogP) is 3.19. The van der Waals surface area contributed by atoms with Crippen LogP contribution in [0.4, 0.5) is 4.79 Å². The van der Waals surface area contributed by atoms with Crippen LogP contribution in [0.2, 0.25) is 0 Å². The van der Waals surface area contributed by atoms with E-state index in [4.69, 9.17) is 9.26 Å². The van der Waals surface area contributed by atoms with Gasteiger partial charge in [-0.25, -0.2) is 4.79 Å². The molecule has 0 saturated heterocycles. The molecular formula is C20H23N3O4S. The van der Waals surface area contributed by atoms with E-state index in [9.17, 15) is 9.90 Å². The predicted molar refractivity (Wildman–Crippen MR) is 105 cm³/mol. The highest BCUT2D eigenvalue weighted by Crippen LogP contribution is 2.14. The average Bonchev–Trinajstić information content (AvgIpc) is 3.37. The Morgan fingerprint density at radius 1 is 1.29 bits per heavy atom.